The lowest BCUT2D eigenvalue weighted by molar-refractivity contribution is -0.127. The van der Waals surface area contributed by atoms with E-state index in [-0.39, 0.29) is 5.91 Å². The van der Waals surface area contributed by atoms with E-state index < -0.39 is 6.10 Å². The first kappa shape index (κ1) is 19.6. The van der Waals surface area contributed by atoms with Crippen LogP contribution in [0.5, 0.6) is 5.75 Å². The Morgan fingerprint density at radius 1 is 1.30 bits per heavy atom. The summed E-state index contributed by atoms with van der Waals surface area (Å²) in [6.07, 6.45) is 2.71. The number of fused-ring (bicyclic) bond motifs is 1. The summed E-state index contributed by atoms with van der Waals surface area (Å²) in [5.74, 6) is 0.561. The number of rotatable bonds is 7. The molecule has 3 rings (SSSR count). The molecule has 0 saturated carbocycles. The average Bonchev–Trinajstić information content (AvgIpc) is 2.68. The number of nitrogens with one attached hydrogen (secondary N) is 1. The number of para-hydroxylation sites is 1. The number of hydrogen-bond donors (Lipinski definition) is 1. The highest BCUT2D eigenvalue weighted by atomic mass is 35.5. The van der Waals surface area contributed by atoms with E-state index >= 15 is 0 Å². The second-order valence-electron chi connectivity index (χ2n) is 7.03. The van der Waals surface area contributed by atoms with Gasteiger partial charge in [-0.15, -0.1) is 0 Å². The van der Waals surface area contributed by atoms with E-state index in [0.29, 0.717) is 17.3 Å². The fourth-order valence-electron chi connectivity index (χ4n) is 3.42. The van der Waals surface area contributed by atoms with E-state index in [0.717, 1.165) is 31.5 Å². The van der Waals surface area contributed by atoms with E-state index in [4.69, 9.17) is 16.3 Å². The quantitative estimate of drug-likeness (QED) is 0.718. The molecule has 0 bridgehead atoms. The van der Waals surface area contributed by atoms with Gasteiger partial charge in [-0.2, -0.15) is 0 Å². The third-order valence-electron chi connectivity index (χ3n) is 4.92. The highest BCUT2D eigenvalue weighted by Gasteiger charge is 2.17. The Hall–Kier alpha value is -2.20. The molecule has 144 valence electrons. The Bertz CT molecular complexity index is 794. The zero-order valence-electron chi connectivity index (χ0n) is 16.0. The van der Waals surface area contributed by atoms with Crippen molar-refractivity contribution in [2.24, 2.45) is 0 Å². The Labute approximate surface area is 166 Å². The zero-order chi connectivity index (χ0) is 19.2. The molecule has 1 atom stereocenters. The molecule has 0 fully saturated rings. The van der Waals surface area contributed by atoms with Gasteiger partial charge in [-0.3, -0.25) is 4.79 Å². The number of amides is 1. The van der Waals surface area contributed by atoms with Crippen molar-refractivity contribution in [1.82, 2.24) is 5.32 Å². The van der Waals surface area contributed by atoms with Crippen molar-refractivity contribution in [3.05, 3.63) is 58.6 Å². The molecule has 1 N–H and O–H groups in total. The summed E-state index contributed by atoms with van der Waals surface area (Å²) in [4.78, 5) is 14.7. The Kier molecular flexibility index (Phi) is 6.62. The number of carbonyl (C=O) groups excluding carboxylic acids is 1. The minimum absolute atomic E-state index is 0.0957. The molecule has 1 heterocycles. The summed E-state index contributed by atoms with van der Waals surface area (Å²) >= 11 is 6.02. The van der Waals surface area contributed by atoms with Crippen LogP contribution in [0.2, 0.25) is 5.02 Å². The Balaban J connectivity index is 1.42. The second kappa shape index (κ2) is 9.14. The van der Waals surface area contributed by atoms with Gasteiger partial charge in [0.25, 0.3) is 5.91 Å². The first-order valence-corrected chi connectivity index (χ1v) is 9.96. The van der Waals surface area contributed by atoms with Crippen LogP contribution >= 0.6 is 11.6 Å². The van der Waals surface area contributed by atoms with E-state index in [9.17, 15) is 4.79 Å². The summed E-state index contributed by atoms with van der Waals surface area (Å²) in [6.45, 7) is 6.35. The third-order valence-corrected chi connectivity index (χ3v) is 5.35. The first-order chi connectivity index (χ1) is 13.0. The summed E-state index contributed by atoms with van der Waals surface area (Å²) < 4.78 is 5.72. The average molecular weight is 387 g/mol. The molecule has 1 aliphatic rings. The second-order valence-corrected chi connectivity index (χ2v) is 7.44. The Morgan fingerprint density at radius 3 is 2.93 bits per heavy atom. The molecule has 1 amide bonds. The SMILES string of the molecule is Cc1cc(OC(C)C(=O)NCCCN2CCCc3ccccc32)ccc1Cl. The van der Waals surface area contributed by atoms with Crippen molar-refractivity contribution in [2.75, 3.05) is 24.5 Å². The zero-order valence-corrected chi connectivity index (χ0v) is 16.8. The lowest BCUT2D eigenvalue weighted by Gasteiger charge is -2.31. The number of anilines is 1. The minimum atomic E-state index is -0.540. The van der Waals surface area contributed by atoms with Gasteiger partial charge in [-0.1, -0.05) is 29.8 Å². The van der Waals surface area contributed by atoms with Crippen molar-refractivity contribution in [1.29, 1.82) is 0 Å². The molecule has 2 aromatic rings. The van der Waals surface area contributed by atoms with Crippen LogP contribution in [0.4, 0.5) is 5.69 Å². The summed E-state index contributed by atoms with van der Waals surface area (Å²) in [7, 11) is 0. The maximum absolute atomic E-state index is 12.3. The maximum atomic E-state index is 12.3. The Morgan fingerprint density at radius 2 is 2.11 bits per heavy atom. The monoisotopic (exact) mass is 386 g/mol. The van der Waals surface area contributed by atoms with Gasteiger partial charge in [-0.25, -0.2) is 0 Å². The predicted molar refractivity (Wildman–Crippen MR) is 111 cm³/mol. The van der Waals surface area contributed by atoms with Crippen LogP contribution in [0, 0.1) is 6.92 Å². The summed E-state index contributed by atoms with van der Waals surface area (Å²) in [5.41, 5.74) is 3.70. The minimum Gasteiger partial charge on any atom is -0.481 e. The highest BCUT2D eigenvalue weighted by molar-refractivity contribution is 6.31. The van der Waals surface area contributed by atoms with Crippen molar-refractivity contribution in [3.8, 4) is 5.75 Å². The first-order valence-electron chi connectivity index (χ1n) is 9.58. The molecule has 0 aromatic heterocycles. The molecule has 2 aromatic carbocycles. The largest absolute Gasteiger partial charge is 0.481 e. The van der Waals surface area contributed by atoms with Crippen molar-refractivity contribution in [2.45, 2.75) is 39.2 Å². The smallest absolute Gasteiger partial charge is 0.260 e. The van der Waals surface area contributed by atoms with Gasteiger partial charge in [-0.05, 0) is 68.5 Å². The summed E-state index contributed by atoms with van der Waals surface area (Å²) in [6, 6.07) is 14.0. The van der Waals surface area contributed by atoms with Gasteiger partial charge in [0, 0.05) is 30.3 Å². The maximum Gasteiger partial charge on any atom is 0.260 e. The fraction of sp³-hybridized carbons (Fsp3) is 0.409. The highest BCUT2D eigenvalue weighted by Crippen LogP contribution is 2.26. The van der Waals surface area contributed by atoms with Crippen LogP contribution in [0.1, 0.15) is 30.9 Å². The summed E-state index contributed by atoms with van der Waals surface area (Å²) in [5, 5.41) is 3.67. The normalized spacial score (nSPS) is 14.4. The fourth-order valence-corrected chi connectivity index (χ4v) is 3.53. The van der Waals surface area contributed by atoms with E-state index in [2.05, 4.69) is 34.5 Å². The van der Waals surface area contributed by atoms with Gasteiger partial charge in [0.05, 0.1) is 0 Å². The number of benzene rings is 2. The molecule has 27 heavy (non-hydrogen) atoms. The van der Waals surface area contributed by atoms with Crippen LogP contribution in [0.3, 0.4) is 0 Å². The van der Waals surface area contributed by atoms with Gasteiger partial charge in [0.2, 0.25) is 0 Å². The number of nitrogens with zero attached hydrogens (tertiary/aromatic N) is 1. The van der Waals surface area contributed by atoms with Gasteiger partial charge >= 0.3 is 0 Å². The number of carbonyl (C=O) groups is 1. The van der Waals surface area contributed by atoms with Crippen molar-refractivity contribution >= 4 is 23.2 Å². The van der Waals surface area contributed by atoms with Crippen LogP contribution < -0.4 is 15.0 Å². The molecule has 1 aliphatic heterocycles. The van der Waals surface area contributed by atoms with Crippen LogP contribution in [0.15, 0.2) is 42.5 Å². The number of hydrogen-bond acceptors (Lipinski definition) is 3. The van der Waals surface area contributed by atoms with E-state index in [1.165, 1.54) is 17.7 Å². The van der Waals surface area contributed by atoms with Crippen molar-refractivity contribution in [3.63, 3.8) is 0 Å². The molecule has 0 saturated heterocycles. The number of aryl methyl sites for hydroxylation is 2. The lowest BCUT2D eigenvalue weighted by atomic mass is 10.0. The topological polar surface area (TPSA) is 41.6 Å². The van der Waals surface area contributed by atoms with Crippen LogP contribution in [0.25, 0.3) is 0 Å². The van der Waals surface area contributed by atoms with Crippen LogP contribution in [-0.2, 0) is 11.2 Å². The van der Waals surface area contributed by atoms with E-state index in [1.54, 1.807) is 19.1 Å². The van der Waals surface area contributed by atoms with Crippen molar-refractivity contribution < 1.29 is 9.53 Å². The van der Waals surface area contributed by atoms with Gasteiger partial charge in [0.15, 0.2) is 6.10 Å². The van der Waals surface area contributed by atoms with E-state index in [1.807, 2.05) is 13.0 Å². The molecule has 4 nitrogen and oxygen atoms in total. The number of ether oxygens (including phenoxy) is 1. The molecule has 1 unspecified atom stereocenters. The van der Waals surface area contributed by atoms with Gasteiger partial charge < -0.3 is 15.0 Å². The molecule has 0 spiro atoms. The third kappa shape index (κ3) is 5.16. The lowest BCUT2D eigenvalue weighted by Crippen LogP contribution is -2.38. The molecular weight excluding hydrogens is 360 g/mol. The van der Waals surface area contributed by atoms with Crippen LogP contribution in [-0.4, -0.2) is 31.6 Å². The number of halogens is 1. The van der Waals surface area contributed by atoms with Gasteiger partial charge in [0.1, 0.15) is 5.75 Å². The molecular formula is C22H27ClN2O2. The molecule has 0 radical (unpaired) electrons. The molecule has 5 heteroatoms. The standard InChI is InChI=1S/C22H27ClN2O2/c1-16-15-19(10-11-20(16)23)27-17(2)22(26)24-12-6-14-25-13-5-8-18-7-3-4-9-21(18)25/h3-4,7,9-11,15,17H,5-6,8,12-14H2,1-2H3,(H,24,26). The molecule has 0 aliphatic carbocycles. The predicted octanol–water partition coefficient (Wildman–Crippen LogP) is 4.37.